The lowest BCUT2D eigenvalue weighted by atomic mass is 9.95. The van der Waals surface area contributed by atoms with Crippen molar-refractivity contribution in [2.24, 2.45) is 11.8 Å². The lowest BCUT2D eigenvalue weighted by Gasteiger charge is -2.34. The number of nitrogens with zero attached hydrogens (tertiary/aromatic N) is 3. The Bertz CT molecular complexity index is 1090. The van der Waals surface area contributed by atoms with Crippen LogP contribution in [0.15, 0.2) is 39.9 Å². The molecule has 0 radical (unpaired) electrons. The van der Waals surface area contributed by atoms with Gasteiger partial charge in [-0.2, -0.15) is 0 Å². The van der Waals surface area contributed by atoms with E-state index in [9.17, 15) is 14.4 Å². The summed E-state index contributed by atoms with van der Waals surface area (Å²) < 4.78 is 3.02. The number of aromatic nitrogens is 2. The van der Waals surface area contributed by atoms with Crippen LogP contribution in [0.4, 0.5) is 5.69 Å². The van der Waals surface area contributed by atoms with Gasteiger partial charge in [-0.1, -0.05) is 44.9 Å². The molecule has 1 aliphatic heterocycles. The Kier molecular flexibility index (Phi) is 7.05. The van der Waals surface area contributed by atoms with E-state index in [1.54, 1.807) is 4.57 Å². The van der Waals surface area contributed by atoms with Gasteiger partial charge in [0.2, 0.25) is 5.91 Å². The first kappa shape index (κ1) is 23.3. The SMILES string of the molecule is Cc1c(N2CCC(C(=O)NC3CCCC3)CC2)c(=O)n(CC(C)C)c(=O)n1-c1ccccc1. The molecule has 1 amide bonds. The third-order valence-corrected chi connectivity index (χ3v) is 6.99. The summed E-state index contributed by atoms with van der Waals surface area (Å²) in [7, 11) is 0. The van der Waals surface area contributed by atoms with E-state index in [-0.39, 0.29) is 29.0 Å². The van der Waals surface area contributed by atoms with Gasteiger partial charge in [0.1, 0.15) is 5.69 Å². The van der Waals surface area contributed by atoms with Gasteiger partial charge in [-0.05, 0) is 50.7 Å². The Balaban J connectivity index is 1.63. The average molecular weight is 453 g/mol. The van der Waals surface area contributed by atoms with Gasteiger partial charge in [0.05, 0.1) is 11.4 Å². The first-order valence-electron chi connectivity index (χ1n) is 12.3. The van der Waals surface area contributed by atoms with E-state index in [1.165, 1.54) is 17.4 Å². The minimum Gasteiger partial charge on any atom is -0.366 e. The maximum absolute atomic E-state index is 13.5. The monoisotopic (exact) mass is 452 g/mol. The summed E-state index contributed by atoms with van der Waals surface area (Å²) >= 11 is 0. The third kappa shape index (κ3) is 4.92. The Morgan fingerprint density at radius 1 is 1.03 bits per heavy atom. The molecule has 0 unspecified atom stereocenters. The van der Waals surface area contributed by atoms with Crippen LogP contribution in [0.5, 0.6) is 0 Å². The largest absolute Gasteiger partial charge is 0.366 e. The Labute approximate surface area is 195 Å². The van der Waals surface area contributed by atoms with Crippen LogP contribution in [0.25, 0.3) is 5.69 Å². The van der Waals surface area contributed by atoms with Crippen molar-refractivity contribution in [1.82, 2.24) is 14.5 Å². The number of para-hydroxylation sites is 1. The molecule has 1 aromatic heterocycles. The highest BCUT2D eigenvalue weighted by Gasteiger charge is 2.30. The molecule has 2 heterocycles. The molecule has 1 aromatic carbocycles. The summed E-state index contributed by atoms with van der Waals surface area (Å²) in [5.74, 6) is 0.310. The molecule has 4 rings (SSSR count). The van der Waals surface area contributed by atoms with E-state index in [1.807, 2.05) is 51.1 Å². The van der Waals surface area contributed by atoms with Crippen LogP contribution < -0.4 is 21.5 Å². The maximum Gasteiger partial charge on any atom is 0.335 e. The number of carbonyl (C=O) groups excluding carboxylic acids is 1. The fraction of sp³-hybridized carbons (Fsp3) is 0.577. The second kappa shape index (κ2) is 9.98. The number of piperidine rings is 1. The summed E-state index contributed by atoms with van der Waals surface area (Å²) in [6, 6.07) is 9.82. The molecular weight excluding hydrogens is 416 g/mol. The number of nitrogens with one attached hydrogen (secondary N) is 1. The highest BCUT2D eigenvalue weighted by atomic mass is 16.2. The van der Waals surface area contributed by atoms with Crippen molar-refractivity contribution >= 4 is 11.6 Å². The summed E-state index contributed by atoms with van der Waals surface area (Å²) in [5.41, 5.74) is 1.46. The first-order chi connectivity index (χ1) is 15.9. The van der Waals surface area contributed by atoms with Gasteiger partial charge in [0.15, 0.2) is 0 Å². The van der Waals surface area contributed by atoms with Crippen LogP contribution in [0.1, 0.15) is 58.1 Å². The normalized spacial score (nSPS) is 17.6. The number of carbonyl (C=O) groups is 1. The van der Waals surface area contributed by atoms with Gasteiger partial charge < -0.3 is 10.2 Å². The molecular formula is C26H36N4O3. The minimum absolute atomic E-state index is 0.0138. The molecule has 33 heavy (non-hydrogen) atoms. The van der Waals surface area contributed by atoms with E-state index in [0.717, 1.165) is 18.5 Å². The standard InChI is InChI=1S/C26H36N4O3/c1-18(2)17-29-25(32)23(19(3)30(26(29)33)22-11-5-4-6-12-22)28-15-13-20(14-16-28)24(31)27-21-9-7-8-10-21/h4-6,11-12,18,20-21H,7-10,13-17H2,1-3H3,(H,27,31). The number of hydrogen-bond acceptors (Lipinski definition) is 4. The zero-order valence-electron chi connectivity index (χ0n) is 20.0. The van der Waals surface area contributed by atoms with Gasteiger partial charge in [-0.3, -0.25) is 18.7 Å². The molecule has 178 valence electrons. The highest BCUT2D eigenvalue weighted by molar-refractivity contribution is 5.79. The summed E-state index contributed by atoms with van der Waals surface area (Å²) in [6.45, 7) is 7.50. The van der Waals surface area contributed by atoms with Gasteiger partial charge in [-0.15, -0.1) is 0 Å². The Morgan fingerprint density at radius 3 is 2.27 bits per heavy atom. The molecule has 0 bridgehead atoms. The number of rotatable bonds is 6. The van der Waals surface area contributed by atoms with Crippen LogP contribution in [-0.2, 0) is 11.3 Å². The number of anilines is 1. The predicted octanol–water partition coefficient (Wildman–Crippen LogP) is 3.24. The Hall–Kier alpha value is -2.83. The fourth-order valence-corrected chi connectivity index (χ4v) is 5.27. The van der Waals surface area contributed by atoms with Crippen LogP contribution in [-0.4, -0.2) is 34.2 Å². The van der Waals surface area contributed by atoms with Gasteiger partial charge in [0, 0.05) is 31.6 Å². The van der Waals surface area contributed by atoms with Crippen molar-refractivity contribution in [3.63, 3.8) is 0 Å². The van der Waals surface area contributed by atoms with Crippen LogP contribution >= 0.6 is 0 Å². The first-order valence-corrected chi connectivity index (χ1v) is 12.3. The van der Waals surface area contributed by atoms with Crippen LogP contribution in [0.3, 0.4) is 0 Å². The second-order valence-corrected chi connectivity index (χ2v) is 9.95. The molecule has 2 aliphatic rings. The third-order valence-electron chi connectivity index (χ3n) is 6.99. The summed E-state index contributed by atoms with van der Waals surface area (Å²) in [5, 5.41) is 3.23. The van der Waals surface area contributed by atoms with Crippen LogP contribution in [0, 0.1) is 18.8 Å². The average Bonchev–Trinajstić information content (AvgIpc) is 3.31. The van der Waals surface area contributed by atoms with E-state index >= 15 is 0 Å². The zero-order valence-corrected chi connectivity index (χ0v) is 20.0. The Morgan fingerprint density at radius 2 is 1.67 bits per heavy atom. The molecule has 2 fully saturated rings. The molecule has 0 atom stereocenters. The molecule has 1 N–H and O–H groups in total. The molecule has 1 saturated heterocycles. The lowest BCUT2D eigenvalue weighted by molar-refractivity contribution is -0.126. The van der Waals surface area contributed by atoms with Gasteiger partial charge in [0.25, 0.3) is 5.56 Å². The van der Waals surface area contributed by atoms with Crippen molar-refractivity contribution in [2.75, 3.05) is 18.0 Å². The van der Waals surface area contributed by atoms with Gasteiger partial charge >= 0.3 is 5.69 Å². The van der Waals surface area contributed by atoms with Crippen LogP contribution in [0.2, 0.25) is 0 Å². The molecule has 1 aliphatic carbocycles. The number of benzene rings is 1. The smallest absolute Gasteiger partial charge is 0.335 e. The minimum atomic E-state index is -0.299. The number of amides is 1. The van der Waals surface area contributed by atoms with E-state index in [0.29, 0.717) is 49.9 Å². The molecule has 0 spiro atoms. The van der Waals surface area contributed by atoms with E-state index in [2.05, 4.69) is 10.2 Å². The summed E-state index contributed by atoms with van der Waals surface area (Å²) in [6.07, 6.45) is 5.99. The molecule has 7 heteroatoms. The molecule has 2 aromatic rings. The zero-order chi connectivity index (χ0) is 23.5. The maximum atomic E-state index is 13.5. The van der Waals surface area contributed by atoms with Crippen molar-refractivity contribution in [2.45, 2.75) is 71.9 Å². The van der Waals surface area contributed by atoms with E-state index in [4.69, 9.17) is 0 Å². The molecule has 7 nitrogen and oxygen atoms in total. The predicted molar refractivity (Wildman–Crippen MR) is 131 cm³/mol. The highest BCUT2D eigenvalue weighted by Crippen LogP contribution is 2.25. The van der Waals surface area contributed by atoms with Crippen molar-refractivity contribution in [3.8, 4) is 5.69 Å². The fourth-order valence-electron chi connectivity index (χ4n) is 5.27. The lowest BCUT2D eigenvalue weighted by Crippen LogP contribution is -2.48. The van der Waals surface area contributed by atoms with Gasteiger partial charge in [-0.25, -0.2) is 4.79 Å². The number of hydrogen-bond donors (Lipinski definition) is 1. The van der Waals surface area contributed by atoms with Crippen molar-refractivity contribution in [3.05, 3.63) is 56.9 Å². The van der Waals surface area contributed by atoms with Crippen molar-refractivity contribution in [1.29, 1.82) is 0 Å². The van der Waals surface area contributed by atoms with Crippen molar-refractivity contribution < 1.29 is 4.79 Å². The second-order valence-electron chi connectivity index (χ2n) is 9.95. The van der Waals surface area contributed by atoms with E-state index < -0.39 is 0 Å². The topological polar surface area (TPSA) is 76.3 Å². The molecule has 1 saturated carbocycles. The quantitative estimate of drug-likeness (QED) is 0.730. The summed E-state index contributed by atoms with van der Waals surface area (Å²) in [4.78, 5) is 41.7.